The molecule has 6 heteroatoms. The van der Waals surface area contributed by atoms with E-state index in [-0.39, 0.29) is 23.6 Å². The van der Waals surface area contributed by atoms with E-state index in [2.05, 4.69) is 4.98 Å². The minimum absolute atomic E-state index is 0.00758. The summed E-state index contributed by atoms with van der Waals surface area (Å²) in [4.78, 5) is 31.6. The van der Waals surface area contributed by atoms with Crippen LogP contribution in [-0.2, 0) is 16.1 Å². The number of aliphatic hydroxyl groups excluding tert-OH is 1. The normalized spacial score (nSPS) is 17.9. The van der Waals surface area contributed by atoms with Crippen LogP contribution in [0.2, 0.25) is 0 Å². The number of rotatable bonds is 4. The Labute approximate surface area is 180 Å². The van der Waals surface area contributed by atoms with Gasteiger partial charge in [0.15, 0.2) is 0 Å². The largest absolute Gasteiger partial charge is 0.508 e. The lowest BCUT2D eigenvalue weighted by atomic mass is 9.93. The molecular weight excluding hydrogens is 392 g/mol. The van der Waals surface area contributed by atoms with Crippen molar-refractivity contribution in [3.05, 3.63) is 100 Å². The summed E-state index contributed by atoms with van der Waals surface area (Å²) in [6.45, 7) is 3.87. The maximum absolute atomic E-state index is 13.1. The van der Waals surface area contributed by atoms with E-state index in [4.69, 9.17) is 0 Å². The summed E-state index contributed by atoms with van der Waals surface area (Å²) >= 11 is 0. The molecule has 0 bridgehead atoms. The number of ketones is 1. The number of pyridine rings is 1. The van der Waals surface area contributed by atoms with Gasteiger partial charge in [0.2, 0.25) is 0 Å². The van der Waals surface area contributed by atoms with Crippen LogP contribution in [0.15, 0.2) is 72.6 Å². The van der Waals surface area contributed by atoms with Crippen LogP contribution in [0.3, 0.4) is 0 Å². The van der Waals surface area contributed by atoms with E-state index in [0.29, 0.717) is 11.1 Å². The molecule has 4 rings (SSSR count). The average molecular weight is 414 g/mol. The van der Waals surface area contributed by atoms with Crippen molar-refractivity contribution < 1.29 is 19.8 Å². The minimum Gasteiger partial charge on any atom is -0.508 e. The van der Waals surface area contributed by atoms with Crippen molar-refractivity contribution in [1.82, 2.24) is 9.88 Å². The number of hydrogen-bond acceptors (Lipinski definition) is 5. The molecule has 1 amide bonds. The first kappa shape index (κ1) is 20.3. The van der Waals surface area contributed by atoms with Gasteiger partial charge >= 0.3 is 0 Å². The topological polar surface area (TPSA) is 90.7 Å². The number of carbonyl (C=O) groups is 2. The summed E-state index contributed by atoms with van der Waals surface area (Å²) in [5.41, 5.74) is 3.51. The highest BCUT2D eigenvalue weighted by Gasteiger charge is 2.46. The Kier molecular flexibility index (Phi) is 5.29. The molecule has 1 aliphatic rings. The number of carbonyl (C=O) groups excluding carboxylic acids is 2. The van der Waals surface area contributed by atoms with Gasteiger partial charge in [-0.15, -0.1) is 0 Å². The number of phenols is 1. The molecule has 2 N–H and O–H groups in total. The van der Waals surface area contributed by atoms with Crippen molar-refractivity contribution in [2.24, 2.45) is 0 Å². The second-order valence-electron chi connectivity index (χ2n) is 7.70. The molecule has 0 saturated carbocycles. The van der Waals surface area contributed by atoms with Crippen LogP contribution in [0.25, 0.3) is 5.76 Å². The lowest BCUT2D eigenvalue weighted by molar-refractivity contribution is -0.140. The van der Waals surface area contributed by atoms with Gasteiger partial charge in [-0.2, -0.15) is 0 Å². The number of likely N-dealkylation sites (tertiary alicyclic amines) is 1. The first-order valence-corrected chi connectivity index (χ1v) is 9.90. The molecule has 1 aromatic heterocycles. The Hall–Kier alpha value is -3.93. The predicted octanol–water partition coefficient (Wildman–Crippen LogP) is 4.03. The number of aromatic hydroxyl groups is 1. The Morgan fingerprint density at radius 3 is 2.58 bits per heavy atom. The van der Waals surface area contributed by atoms with E-state index >= 15 is 0 Å². The van der Waals surface area contributed by atoms with Crippen molar-refractivity contribution in [1.29, 1.82) is 0 Å². The summed E-state index contributed by atoms with van der Waals surface area (Å²) in [6.07, 6.45) is 3.26. The third-order valence-electron chi connectivity index (χ3n) is 5.45. The first-order chi connectivity index (χ1) is 14.9. The highest BCUT2D eigenvalue weighted by Crippen LogP contribution is 2.41. The molecule has 3 aromatic rings. The van der Waals surface area contributed by atoms with Crippen molar-refractivity contribution in [2.75, 3.05) is 0 Å². The summed E-state index contributed by atoms with van der Waals surface area (Å²) in [6, 6.07) is 14.7. The van der Waals surface area contributed by atoms with Gasteiger partial charge < -0.3 is 15.1 Å². The van der Waals surface area contributed by atoms with Gasteiger partial charge in [-0.1, -0.05) is 35.9 Å². The van der Waals surface area contributed by atoms with Crippen LogP contribution < -0.4 is 0 Å². The van der Waals surface area contributed by atoms with Gasteiger partial charge in [0.05, 0.1) is 11.6 Å². The molecule has 1 unspecified atom stereocenters. The van der Waals surface area contributed by atoms with Gasteiger partial charge in [-0.25, -0.2) is 0 Å². The smallest absolute Gasteiger partial charge is 0.295 e. The maximum atomic E-state index is 13.1. The molecule has 6 nitrogen and oxygen atoms in total. The second kappa shape index (κ2) is 8.07. The number of phenolic OH excluding ortho intramolecular Hbond substituents is 1. The molecule has 1 saturated heterocycles. The molecule has 1 aliphatic heterocycles. The monoisotopic (exact) mass is 414 g/mol. The zero-order valence-corrected chi connectivity index (χ0v) is 17.2. The van der Waals surface area contributed by atoms with Gasteiger partial charge in [-0.05, 0) is 54.8 Å². The second-order valence-corrected chi connectivity index (χ2v) is 7.70. The molecule has 2 aromatic carbocycles. The number of aromatic nitrogens is 1. The summed E-state index contributed by atoms with van der Waals surface area (Å²) in [5, 5.41) is 21.2. The molecule has 156 valence electrons. The number of benzene rings is 2. The highest BCUT2D eigenvalue weighted by molar-refractivity contribution is 6.46. The number of aryl methyl sites for hydroxylation is 2. The van der Waals surface area contributed by atoms with Crippen LogP contribution in [-0.4, -0.2) is 31.8 Å². The van der Waals surface area contributed by atoms with Crippen LogP contribution in [0.4, 0.5) is 0 Å². The SMILES string of the molecule is Cc1ccc(C)c(C(O)=C2C(=O)C(=O)N(Cc3cccnc3)C2c2cccc(O)c2)c1. The van der Waals surface area contributed by atoms with E-state index in [1.165, 1.54) is 17.0 Å². The number of hydrogen-bond donors (Lipinski definition) is 2. The number of nitrogens with zero attached hydrogens (tertiary/aromatic N) is 2. The lowest BCUT2D eigenvalue weighted by Crippen LogP contribution is -2.29. The Bertz CT molecular complexity index is 1200. The third-order valence-corrected chi connectivity index (χ3v) is 5.45. The summed E-state index contributed by atoms with van der Waals surface area (Å²) in [7, 11) is 0. The minimum atomic E-state index is -0.841. The van der Waals surface area contributed by atoms with E-state index in [1.54, 1.807) is 36.7 Å². The highest BCUT2D eigenvalue weighted by atomic mass is 16.3. The van der Waals surface area contributed by atoms with Crippen LogP contribution >= 0.6 is 0 Å². The Balaban J connectivity index is 1.91. The summed E-state index contributed by atoms with van der Waals surface area (Å²) < 4.78 is 0. The standard InChI is InChI=1S/C25H22N2O4/c1-15-8-9-16(2)20(11-15)23(29)21-22(18-6-3-7-19(28)12-18)27(25(31)24(21)30)14-17-5-4-10-26-13-17/h3-13,22,28-29H,14H2,1-2H3. The molecule has 31 heavy (non-hydrogen) atoms. The van der Waals surface area contributed by atoms with Gasteiger partial charge in [0, 0.05) is 24.5 Å². The quantitative estimate of drug-likeness (QED) is 0.382. The fourth-order valence-corrected chi connectivity index (χ4v) is 3.91. The van der Waals surface area contributed by atoms with Gasteiger partial charge in [-0.3, -0.25) is 14.6 Å². The third kappa shape index (κ3) is 3.80. The molecule has 0 spiro atoms. The molecule has 1 fully saturated rings. The van der Waals surface area contributed by atoms with Crippen LogP contribution in [0.1, 0.15) is 33.9 Å². The Morgan fingerprint density at radius 2 is 1.87 bits per heavy atom. The van der Waals surface area contributed by atoms with Crippen molar-refractivity contribution in [3.8, 4) is 5.75 Å². The van der Waals surface area contributed by atoms with E-state index in [0.717, 1.165) is 16.7 Å². The molecule has 2 heterocycles. The van der Waals surface area contributed by atoms with Crippen LogP contribution in [0, 0.1) is 13.8 Å². The molecule has 0 aliphatic carbocycles. The van der Waals surface area contributed by atoms with Crippen molar-refractivity contribution in [3.63, 3.8) is 0 Å². The summed E-state index contributed by atoms with van der Waals surface area (Å²) in [5.74, 6) is -1.67. The number of amides is 1. The Morgan fingerprint density at radius 1 is 1.06 bits per heavy atom. The molecule has 0 radical (unpaired) electrons. The van der Waals surface area contributed by atoms with E-state index in [1.807, 2.05) is 32.0 Å². The molecule has 1 atom stereocenters. The molecular formula is C25H22N2O4. The van der Waals surface area contributed by atoms with E-state index in [9.17, 15) is 19.8 Å². The number of aliphatic hydroxyl groups is 1. The maximum Gasteiger partial charge on any atom is 0.295 e. The predicted molar refractivity (Wildman–Crippen MR) is 116 cm³/mol. The van der Waals surface area contributed by atoms with Gasteiger partial charge in [0.1, 0.15) is 11.5 Å². The zero-order chi connectivity index (χ0) is 22.1. The van der Waals surface area contributed by atoms with Crippen molar-refractivity contribution in [2.45, 2.75) is 26.4 Å². The van der Waals surface area contributed by atoms with E-state index < -0.39 is 17.7 Å². The fraction of sp³-hybridized carbons (Fsp3) is 0.160. The first-order valence-electron chi connectivity index (χ1n) is 9.90. The van der Waals surface area contributed by atoms with Gasteiger partial charge in [0.25, 0.3) is 11.7 Å². The fourth-order valence-electron chi connectivity index (χ4n) is 3.91. The average Bonchev–Trinajstić information content (AvgIpc) is 3.00. The number of Topliss-reactive ketones (excluding diaryl/α,β-unsaturated/α-hetero) is 1. The van der Waals surface area contributed by atoms with Crippen molar-refractivity contribution >= 4 is 17.4 Å². The lowest BCUT2D eigenvalue weighted by Gasteiger charge is -2.25. The zero-order valence-electron chi connectivity index (χ0n) is 17.2. The van der Waals surface area contributed by atoms with Crippen LogP contribution in [0.5, 0.6) is 5.75 Å².